The average molecular weight is 340 g/mol. The SMILES string of the molecule is CC(C)CCNc1ncnc(Nc2cc(Cl)cc(Cl)c2)c1N. The number of rotatable bonds is 6. The number of nitrogen functional groups attached to an aromatic ring is 1. The van der Waals surface area contributed by atoms with Crippen LogP contribution in [0.3, 0.4) is 0 Å². The third-order valence-corrected chi connectivity index (χ3v) is 3.46. The lowest BCUT2D eigenvalue weighted by molar-refractivity contribution is 0.606. The lowest BCUT2D eigenvalue weighted by atomic mass is 10.1. The molecule has 0 saturated carbocycles. The molecule has 1 heterocycles. The first-order chi connectivity index (χ1) is 10.5. The Morgan fingerprint density at radius 2 is 1.73 bits per heavy atom. The Labute approximate surface area is 140 Å². The van der Waals surface area contributed by atoms with Gasteiger partial charge in [-0.2, -0.15) is 0 Å². The maximum Gasteiger partial charge on any atom is 0.159 e. The number of nitrogens with zero attached hydrogens (tertiary/aromatic N) is 2. The molecule has 0 amide bonds. The van der Waals surface area contributed by atoms with Gasteiger partial charge in [0.15, 0.2) is 11.6 Å². The molecule has 0 aliphatic heterocycles. The number of hydrogen-bond donors (Lipinski definition) is 3. The van der Waals surface area contributed by atoms with Crippen molar-refractivity contribution in [2.24, 2.45) is 5.92 Å². The van der Waals surface area contributed by atoms with E-state index in [-0.39, 0.29) is 0 Å². The molecule has 0 atom stereocenters. The van der Waals surface area contributed by atoms with E-state index in [1.54, 1.807) is 18.2 Å². The Kier molecular flexibility index (Phi) is 5.69. The zero-order valence-corrected chi connectivity index (χ0v) is 14.0. The largest absolute Gasteiger partial charge is 0.393 e. The minimum atomic E-state index is 0.461. The second-order valence-electron chi connectivity index (χ2n) is 5.38. The van der Waals surface area contributed by atoms with Crippen molar-refractivity contribution in [2.45, 2.75) is 20.3 Å². The molecule has 2 aromatic rings. The number of hydrogen-bond acceptors (Lipinski definition) is 5. The molecule has 22 heavy (non-hydrogen) atoms. The first kappa shape index (κ1) is 16.6. The number of halogens is 2. The molecule has 0 bridgehead atoms. The van der Waals surface area contributed by atoms with Gasteiger partial charge in [-0.15, -0.1) is 0 Å². The second-order valence-corrected chi connectivity index (χ2v) is 6.25. The minimum absolute atomic E-state index is 0.461. The summed E-state index contributed by atoms with van der Waals surface area (Å²) in [6.07, 6.45) is 2.50. The van der Waals surface area contributed by atoms with E-state index in [0.29, 0.717) is 33.3 Å². The molecule has 0 radical (unpaired) electrons. The fourth-order valence-corrected chi connectivity index (χ4v) is 2.40. The smallest absolute Gasteiger partial charge is 0.159 e. The highest BCUT2D eigenvalue weighted by Gasteiger charge is 2.09. The molecule has 2 rings (SSSR count). The molecule has 0 unspecified atom stereocenters. The van der Waals surface area contributed by atoms with Crippen molar-refractivity contribution >= 4 is 46.2 Å². The summed E-state index contributed by atoms with van der Waals surface area (Å²) in [7, 11) is 0. The monoisotopic (exact) mass is 339 g/mol. The van der Waals surface area contributed by atoms with Crippen molar-refractivity contribution in [3.63, 3.8) is 0 Å². The maximum absolute atomic E-state index is 6.11. The van der Waals surface area contributed by atoms with E-state index in [1.807, 2.05) is 0 Å². The van der Waals surface area contributed by atoms with Crippen LogP contribution < -0.4 is 16.4 Å². The van der Waals surface area contributed by atoms with Gasteiger partial charge in [0.25, 0.3) is 0 Å². The highest BCUT2D eigenvalue weighted by Crippen LogP contribution is 2.29. The lowest BCUT2D eigenvalue weighted by Crippen LogP contribution is -2.10. The summed E-state index contributed by atoms with van der Waals surface area (Å²) in [6.45, 7) is 5.14. The molecular formula is C15H19Cl2N5. The number of nitrogens with two attached hydrogens (primary N) is 1. The first-order valence-corrected chi connectivity index (χ1v) is 7.78. The molecule has 118 valence electrons. The molecule has 0 aliphatic carbocycles. The molecule has 1 aromatic heterocycles. The standard InChI is InChI=1S/C15H19Cl2N5/c1-9(2)3-4-19-14-13(18)15(21-8-20-14)22-12-6-10(16)5-11(17)7-12/h5-9H,3-4,18H2,1-2H3,(H2,19,20,21,22). The van der Waals surface area contributed by atoms with E-state index < -0.39 is 0 Å². The van der Waals surface area contributed by atoms with Gasteiger partial charge >= 0.3 is 0 Å². The van der Waals surface area contributed by atoms with Gasteiger partial charge in [-0.05, 0) is 30.5 Å². The van der Waals surface area contributed by atoms with Crippen molar-refractivity contribution in [1.82, 2.24) is 9.97 Å². The number of nitrogens with one attached hydrogen (secondary N) is 2. The predicted molar refractivity (Wildman–Crippen MR) is 94.1 cm³/mol. The Bertz CT molecular complexity index is 626. The second kappa shape index (κ2) is 7.51. The van der Waals surface area contributed by atoms with E-state index in [4.69, 9.17) is 28.9 Å². The quantitative estimate of drug-likeness (QED) is 0.718. The third kappa shape index (κ3) is 4.64. The first-order valence-electron chi connectivity index (χ1n) is 7.03. The van der Waals surface area contributed by atoms with E-state index >= 15 is 0 Å². The molecule has 0 aliphatic rings. The van der Waals surface area contributed by atoms with E-state index in [2.05, 4.69) is 34.4 Å². The van der Waals surface area contributed by atoms with E-state index in [0.717, 1.165) is 18.7 Å². The average Bonchev–Trinajstić information content (AvgIpc) is 2.41. The Hall–Kier alpha value is -1.72. The fraction of sp³-hybridized carbons (Fsp3) is 0.333. The Morgan fingerprint density at radius 3 is 2.36 bits per heavy atom. The maximum atomic E-state index is 6.11. The van der Waals surface area contributed by atoms with Gasteiger partial charge in [0, 0.05) is 22.3 Å². The molecule has 4 N–H and O–H groups in total. The van der Waals surface area contributed by atoms with Crippen molar-refractivity contribution in [1.29, 1.82) is 0 Å². The lowest BCUT2D eigenvalue weighted by Gasteiger charge is -2.13. The summed E-state index contributed by atoms with van der Waals surface area (Å²) in [4.78, 5) is 8.34. The molecular weight excluding hydrogens is 321 g/mol. The number of aromatic nitrogens is 2. The zero-order chi connectivity index (χ0) is 16.1. The van der Waals surface area contributed by atoms with E-state index in [9.17, 15) is 0 Å². The minimum Gasteiger partial charge on any atom is -0.393 e. The van der Waals surface area contributed by atoms with Crippen molar-refractivity contribution in [3.8, 4) is 0 Å². The van der Waals surface area contributed by atoms with E-state index in [1.165, 1.54) is 6.33 Å². The van der Waals surface area contributed by atoms with Gasteiger partial charge in [0.05, 0.1) is 0 Å². The van der Waals surface area contributed by atoms with Crippen LogP contribution in [0.5, 0.6) is 0 Å². The normalized spacial score (nSPS) is 10.8. The van der Waals surface area contributed by atoms with Crippen LogP contribution in [-0.4, -0.2) is 16.5 Å². The molecule has 5 nitrogen and oxygen atoms in total. The van der Waals surface area contributed by atoms with Gasteiger partial charge in [0.2, 0.25) is 0 Å². The zero-order valence-electron chi connectivity index (χ0n) is 12.5. The predicted octanol–water partition coefficient (Wildman–Crippen LogP) is 4.57. The van der Waals surface area contributed by atoms with Crippen LogP contribution in [0.25, 0.3) is 0 Å². The van der Waals surface area contributed by atoms with Crippen LogP contribution in [-0.2, 0) is 0 Å². The summed E-state index contributed by atoms with van der Waals surface area (Å²) >= 11 is 12.0. The van der Waals surface area contributed by atoms with Gasteiger partial charge in [-0.25, -0.2) is 9.97 Å². The molecule has 0 spiro atoms. The van der Waals surface area contributed by atoms with Crippen LogP contribution in [0.15, 0.2) is 24.5 Å². The summed E-state index contributed by atoms with van der Waals surface area (Å²) in [5.74, 6) is 1.74. The number of anilines is 4. The van der Waals surface area contributed by atoms with Crippen molar-refractivity contribution in [2.75, 3.05) is 22.9 Å². The van der Waals surface area contributed by atoms with Gasteiger partial charge < -0.3 is 16.4 Å². The van der Waals surface area contributed by atoms with Gasteiger partial charge in [0.1, 0.15) is 12.0 Å². The van der Waals surface area contributed by atoms with Gasteiger partial charge in [-0.3, -0.25) is 0 Å². The summed E-state index contributed by atoms with van der Waals surface area (Å²) in [5.41, 5.74) is 7.29. The molecule has 7 heteroatoms. The third-order valence-electron chi connectivity index (χ3n) is 3.02. The van der Waals surface area contributed by atoms with Crippen LogP contribution >= 0.6 is 23.2 Å². The van der Waals surface area contributed by atoms with Crippen molar-refractivity contribution in [3.05, 3.63) is 34.6 Å². The summed E-state index contributed by atoms with van der Waals surface area (Å²) < 4.78 is 0. The van der Waals surface area contributed by atoms with Crippen LogP contribution in [0.4, 0.5) is 23.0 Å². The Balaban J connectivity index is 2.14. The molecule has 0 fully saturated rings. The topological polar surface area (TPSA) is 75.9 Å². The highest BCUT2D eigenvalue weighted by molar-refractivity contribution is 6.35. The summed E-state index contributed by atoms with van der Waals surface area (Å²) in [5, 5.41) is 7.41. The molecule has 1 aromatic carbocycles. The fourth-order valence-electron chi connectivity index (χ4n) is 1.88. The van der Waals surface area contributed by atoms with Crippen LogP contribution in [0, 0.1) is 5.92 Å². The molecule has 0 saturated heterocycles. The Morgan fingerprint density at radius 1 is 1.09 bits per heavy atom. The van der Waals surface area contributed by atoms with Crippen LogP contribution in [0.1, 0.15) is 20.3 Å². The van der Waals surface area contributed by atoms with Crippen LogP contribution in [0.2, 0.25) is 10.0 Å². The summed E-state index contributed by atoms with van der Waals surface area (Å²) in [6, 6.07) is 5.16. The number of benzene rings is 1. The van der Waals surface area contributed by atoms with Gasteiger partial charge in [-0.1, -0.05) is 37.0 Å². The van der Waals surface area contributed by atoms with Crippen molar-refractivity contribution < 1.29 is 0 Å². The highest BCUT2D eigenvalue weighted by atomic mass is 35.5.